The van der Waals surface area contributed by atoms with E-state index in [2.05, 4.69) is 16.2 Å². The number of likely N-dealkylation sites (N-methyl/N-ethyl adjacent to an activating group) is 1. The van der Waals surface area contributed by atoms with Crippen molar-refractivity contribution < 1.29 is 4.79 Å². The molecule has 58 valence electrons. The van der Waals surface area contributed by atoms with Gasteiger partial charge in [-0.3, -0.25) is 4.79 Å². The molecule has 5 heteroatoms. The average molecular weight is 152 g/mol. The maximum Gasteiger partial charge on any atom is 0.269 e. The molecule has 0 saturated heterocycles. The van der Waals surface area contributed by atoms with E-state index in [0.29, 0.717) is 17.8 Å². The predicted molar refractivity (Wildman–Crippen MR) is 37.8 cm³/mol. The molecule has 11 heavy (non-hydrogen) atoms. The summed E-state index contributed by atoms with van der Waals surface area (Å²) in [6.07, 6.45) is 0. The Kier molecular flexibility index (Phi) is 2.09. The van der Waals surface area contributed by atoms with Gasteiger partial charge in [0.2, 0.25) is 0 Å². The van der Waals surface area contributed by atoms with Crippen molar-refractivity contribution in [1.29, 1.82) is 5.26 Å². The third kappa shape index (κ3) is 1.30. The molecule has 0 bridgehead atoms. The normalized spacial score (nSPS) is 15.6. The van der Waals surface area contributed by atoms with Crippen LogP contribution in [0.5, 0.6) is 0 Å². The Labute approximate surface area is 64.0 Å². The maximum atomic E-state index is 11.0. The average Bonchev–Trinajstić information content (AvgIpc) is 2.50. The van der Waals surface area contributed by atoms with E-state index in [0.717, 1.165) is 0 Å². The van der Waals surface area contributed by atoms with Crippen molar-refractivity contribution >= 4 is 5.91 Å². The van der Waals surface area contributed by atoms with Crippen LogP contribution in [0.15, 0.2) is 11.3 Å². The topological polar surface area (TPSA) is 77.0 Å². The molecule has 3 N–H and O–H groups in total. The van der Waals surface area contributed by atoms with Gasteiger partial charge in [-0.05, 0) is 0 Å². The van der Waals surface area contributed by atoms with Gasteiger partial charge in [0.25, 0.3) is 5.91 Å². The lowest BCUT2D eigenvalue weighted by atomic mass is 10.2. The molecule has 0 saturated carbocycles. The van der Waals surface area contributed by atoms with Crippen LogP contribution in [0.2, 0.25) is 0 Å². The Morgan fingerprint density at radius 2 is 2.55 bits per heavy atom. The molecule has 0 aromatic rings. The number of nitrogens with one attached hydrogen (secondary N) is 3. The zero-order valence-corrected chi connectivity index (χ0v) is 6.06. The van der Waals surface area contributed by atoms with Gasteiger partial charge in [-0.2, -0.15) is 5.26 Å². The van der Waals surface area contributed by atoms with Gasteiger partial charge in [0, 0.05) is 7.05 Å². The molecular formula is C6H8N4O. The van der Waals surface area contributed by atoms with E-state index in [4.69, 9.17) is 5.26 Å². The maximum absolute atomic E-state index is 11.0. The van der Waals surface area contributed by atoms with E-state index < -0.39 is 0 Å². The number of nitriles is 1. The molecule has 0 atom stereocenters. The summed E-state index contributed by atoms with van der Waals surface area (Å²) in [6, 6.07) is 1.92. The first-order valence-electron chi connectivity index (χ1n) is 3.13. The number of carbonyl (C=O) groups excluding carboxylic acids is 1. The lowest BCUT2D eigenvalue weighted by Crippen LogP contribution is -2.32. The van der Waals surface area contributed by atoms with Crippen molar-refractivity contribution in [1.82, 2.24) is 16.2 Å². The Hall–Kier alpha value is -1.54. The lowest BCUT2D eigenvalue weighted by Gasteiger charge is -2.00. The molecule has 1 rings (SSSR count). The molecular weight excluding hydrogens is 144 g/mol. The van der Waals surface area contributed by atoms with E-state index in [-0.39, 0.29) is 5.91 Å². The number of rotatable bonds is 1. The molecule has 1 amide bonds. The fraction of sp³-hybridized carbons (Fsp3) is 0.333. The summed E-state index contributed by atoms with van der Waals surface area (Å²) < 4.78 is 0. The van der Waals surface area contributed by atoms with E-state index in [9.17, 15) is 4.79 Å². The van der Waals surface area contributed by atoms with Crippen LogP contribution in [0, 0.1) is 11.3 Å². The van der Waals surface area contributed by atoms with Crippen LogP contribution in [0.4, 0.5) is 0 Å². The van der Waals surface area contributed by atoms with Gasteiger partial charge < -0.3 is 10.7 Å². The second-order valence-electron chi connectivity index (χ2n) is 2.02. The first-order valence-corrected chi connectivity index (χ1v) is 3.13. The largest absolute Gasteiger partial charge is 0.354 e. The van der Waals surface area contributed by atoms with Crippen molar-refractivity contribution in [3.8, 4) is 6.07 Å². The fourth-order valence-corrected chi connectivity index (χ4v) is 0.799. The lowest BCUT2D eigenvalue weighted by molar-refractivity contribution is -0.117. The Morgan fingerprint density at radius 1 is 1.82 bits per heavy atom. The Balaban J connectivity index is 2.85. The first kappa shape index (κ1) is 7.57. The highest BCUT2D eigenvalue weighted by Gasteiger charge is 2.18. The molecule has 5 nitrogen and oxygen atoms in total. The third-order valence-corrected chi connectivity index (χ3v) is 1.37. The van der Waals surface area contributed by atoms with Crippen molar-refractivity contribution in [2.45, 2.75) is 0 Å². The quantitative estimate of drug-likeness (QED) is 0.432. The molecule has 1 heterocycles. The van der Waals surface area contributed by atoms with Gasteiger partial charge in [-0.15, -0.1) is 0 Å². The first-order chi connectivity index (χ1) is 5.29. The highest BCUT2D eigenvalue weighted by molar-refractivity contribution is 5.94. The van der Waals surface area contributed by atoms with Gasteiger partial charge in [0.15, 0.2) is 0 Å². The summed E-state index contributed by atoms with van der Waals surface area (Å²) >= 11 is 0. The molecule has 0 fully saturated rings. The summed E-state index contributed by atoms with van der Waals surface area (Å²) in [5, 5.41) is 10.9. The Bertz CT molecular complexity index is 250. The molecule has 0 unspecified atom stereocenters. The van der Waals surface area contributed by atoms with E-state index in [1.807, 2.05) is 6.07 Å². The van der Waals surface area contributed by atoms with Gasteiger partial charge >= 0.3 is 0 Å². The second-order valence-corrected chi connectivity index (χ2v) is 2.02. The van der Waals surface area contributed by atoms with Crippen LogP contribution >= 0.6 is 0 Å². The third-order valence-electron chi connectivity index (χ3n) is 1.37. The van der Waals surface area contributed by atoms with Crippen LogP contribution in [-0.4, -0.2) is 19.5 Å². The second kappa shape index (κ2) is 3.03. The number of nitrogens with zero attached hydrogens (tertiary/aromatic N) is 1. The molecule has 0 radical (unpaired) electrons. The molecule has 1 aliphatic heterocycles. The zero-order chi connectivity index (χ0) is 8.27. The van der Waals surface area contributed by atoms with Crippen LogP contribution in [0.1, 0.15) is 0 Å². The van der Waals surface area contributed by atoms with E-state index >= 15 is 0 Å². The molecule has 0 aromatic carbocycles. The van der Waals surface area contributed by atoms with Crippen molar-refractivity contribution in [2.24, 2.45) is 0 Å². The van der Waals surface area contributed by atoms with E-state index in [1.54, 1.807) is 0 Å². The standard InChI is InChI=1S/C6H8N4O/c1-8-6(11)5-4(2-7)3-9-10-5/h9-10H,3H2,1H3,(H,8,11). The van der Waals surface area contributed by atoms with Crippen LogP contribution in [0.3, 0.4) is 0 Å². The minimum absolute atomic E-state index is 0.272. The van der Waals surface area contributed by atoms with Crippen LogP contribution in [-0.2, 0) is 4.79 Å². The van der Waals surface area contributed by atoms with E-state index in [1.165, 1.54) is 7.05 Å². The van der Waals surface area contributed by atoms with Gasteiger partial charge in [-0.1, -0.05) is 0 Å². The van der Waals surface area contributed by atoms with Crippen molar-refractivity contribution in [3.63, 3.8) is 0 Å². The zero-order valence-electron chi connectivity index (χ0n) is 6.06. The van der Waals surface area contributed by atoms with Crippen LogP contribution < -0.4 is 16.2 Å². The Morgan fingerprint density at radius 3 is 3.09 bits per heavy atom. The fourth-order valence-electron chi connectivity index (χ4n) is 0.799. The molecule has 0 aliphatic carbocycles. The minimum Gasteiger partial charge on any atom is -0.354 e. The summed E-state index contributed by atoms with van der Waals surface area (Å²) in [5.74, 6) is -0.272. The molecule has 1 aliphatic rings. The number of hydrogen-bond donors (Lipinski definition) is 3. The minimum atomic E-state index is -0.272. The van der Waals surface area contributed by atoms with Gasteiger partial charge in [-0.25, -0.2) is 5.43 Å². The summed E-state index contributed by atoms with van der Waals surface area (Å²) in [4.78, 5) is 11.0. The number of amides is 1. The van der Waals surface area contributed by atoms with Crippen molar-refractivity contribution in [3.05, 3.63) is 11.3 Å². The number of hydrogen-bond acceptors (Lipinski definition) is 4. The number of carbonyl (C=O) groups is 1. The van der Waals surface area contributed by atoms with Gasteiger partial charge in [0.05, 0.1) is 18.2 Å². The van der Waals surface area contributed by atoms with Crippen LogP contribution in [0.25, 0.3) is 0 Å². The van der Waals surface area contributed by atoms with Gasteiger partial charge in [0.1, 0.15) is 5.70 Å². The predicted octanol–water partition coefficient (Wildman–Crippen LogP) is -1.38. The SMILES string of the molecule is CNC(=O)C1=C(C#N)CNN1. The summed E-state index contributed by atoms with van der Waals surface area (Å²) in [6.45, 7) is 0.402. The summed E-state index contributed by atoms with van der Waals surface area (Å²) in [5.41, 5.74) is 6.03. The summed E-state index contributed by atoms with van der Waals surface area (Å²) in [7, 11) is 1.52. The highest BCUT2D eigenvalue weighted by atomic mass is 16.2. The van der Waals surface area contributed by atoms with Crippen molar-refractivity contribution in [2.75, 3.05) is 13.6 Å². The highest BCUT2D eigenvalue weighted by Crippen LogP contribution is 2.03. The molecule has 0 aromatic heterocycles. The monoisotopic (exact) mass is 152 g/mol. The smallest absolute Gasteiger partial charge is 0.269 e. The number of hydrazine groups is 1. The molecule has 0 spiro atoms.